The van der Waals surface area contributed by atoms with E-state index in [1.54, 1.807) is 13.3 Å². The van der Waals surface area contributed by atoms with Crippen molar-refractivity contribution in [2.75, 3.05) is 17.7 Å². The van der Waals surface area contributed by atoms with Crippen molar-refractivity contribution in [1.82, 2.24) is 9.97 Å². The number of ether oxygens (including phenoxy) is 1. The van der Waals surface area contributed by atoms with E-state index in [2.05, 4.69) is 54.6 Å². The molecular weight excluding hydrogens is 448 g/mol. The fourth-order valence-electron chi connectivity index (χ4n) is 5.65. The highest BCUT2D eigenvalue weighted by molar-refractivity contribution is 6.02. The standard InChI is InChI=1S/C30H36N4O2/c1-5-19(3)27-22-8-6-7-9-23(22)28-25(32-29(27)35)17-31-30(34-28)33-24-15-14-21(16-26(24)36-4)20-12-10-18(2)11-13-20/h6-9,14-20,27H,5,10-13H2,1-4H3,(H,32,35)(H,31,33,34). The maximum absolute atomic E-state index is 13.2. The highest BCUT2D eigenvalue weighted by Crippen LogP contribution is 2.42. The number of hydrogen-bond acceptors (Lipinski definition) is 5. The van der Waals surface area contributed by atoms with Gasteiger partial charge in [0.15, 0.2) is 0 Å². The molecule has 36 heavy (non-hydrogen) atoms. The van der Waals surface area contributed by atoms with Crippen molar-refractivity contribution >= 4 is 23.2 Å². The number of rotatable bonds is 6. The van der Waals surface area contributed by atoms with Crippen molar-refractivity contribution in [3.05, 3.63) is 59.8 Å². The monoisotopic (exact) mass is 484 g/mol. The molecule has 1 amide bonds. The van der Waals surface area contributed by atoms with Gasteiger partial charge < -0.3 is 15.4 Å². The molecule has 6 nitrogen and oxygen atoms in total. The van der Waals surface area contributed by atoms with Gasteiger partial charge in [-0.25, -0.2) is 9.97 Å². The number of nitrogens with zero attached hydrogens (tertiary/aromatic N) is 2. The lowest BCUT2D eigenvalue weighted by Gasteiger charge is -2.27. The topological polar surface area (TPSA) is 76.1 Å². The second kappa shape index (κ2) is 10.3. The molecule has 1 fully saturated rings. The molecule has 1 aromatic heterocycles. The summed E-state index contributed by atoms with van der Waals surface area (Å²) in [5, 5.41) is 6.44. The molecule has 0 saturated heterocycles. The quantitative estimate of drug-likeness (QED) is 0.385. The third kappa shape index (κ3) is 4.69. The molecule has 0 spiro atoms. The van der Waals surface area contributed by atoms with Gasteiger partial charge in [-0.3, -0.25) is 4.79 Å². The van der Waals surface area contributed by atoms with Crippen molar-refractivity contribution in [2.24, 2.45) is 11.8 Å². The summed E-state index contributed by atoms with van der Waals surface area (Å²) in [7, 11) is 1.70. The van der Waals surface area contributed by atoms with Crippen molar-refractivity contribution in [3.63, 3.8) is 0 Å². The number of carbonyl (C=O) groups excluding carboxylic acids is 1. The van der Waals surface area contributed by atoms with Crippen molar-refractivity contribution < 1.29 is 9.53 Å². The first-order valence-corrected chi connectivity index (χ1v) is 13.2. The van der Waals surface area contributed by atoms with Crippen LogP contribution in [0.4, 0.5) is 17.3 Å². The summed E-state index contributed by atoms with van der Waals surface area (Å²) >= 11 is 0. The zero-order valence-electron chi connectivity index (χ0n) is 21.7. The minimum Gasteiger partial charge on any atom is -0.495 e. The van der Waals surface area contributed by atoms with Gasteiger partial charge in [0.1, 0.15) is 5.75 Å². The van der Waals surface area contributed by atoms with E-state index in [0.717, 1.165) is 40.6 Å². The SMILES string of the molecule is CCC(C)C1C(=O)Nc2cnc(Nc3ccc(C4CCC(C)CC4)cc3OC)nc2-c2ccccc21. The number of carbonyl (C=O) groups is 1. The van der Waals surface area contributed by atoms with Crippen LogP contribution >= 0.6 is 0 Å². The Bertz CT molecular complexity index is 1250. The first kappa shape index (κ1) is 24.3. The number of methoxy groups -OCH3 is 1. The number of amides is 1. The van der Waals surface area contributed by atoms with E-state index in [1.807, 2.05) is 24.3 Å². The zero-order valence-corrected chi connectivity index (χ0v) is 21.7. The Hall–Kier alpha value is -3.41. The molecule has 6 heteroatoms. The van der Waals surface area contributed by atoms with E-state index in [-0.39, 0.29) is 17.7 Å². The Labute approximate surface area is 213 Å². The number of aromatic nitrogens is 2. The number of benzene rings is 2. The summed E-state index contributed by atoms with van der Waals surface area (Å²) < 4.78 is 5.75. The molecule has 1 aliphatic heterocycles. The fraction of sp³-hybridized carbons (Fsp3) is 0.433. The molecule has 188 valence electrons. The van der Waals surface area contributed by atoms with Crippen LogP contribution in [0, 0.1) is 11.8 Å². The number of fused-ring (bicyclic) bond motifs is 3. The second-order valence-corrected chi connectivity index (χ2v) is 10.4. The van der Waals surface area contributed by atoms with Crippen LogP contribution in [0.1, 0.15) is 75.8 Å². The molecule has 1 aliphatic carbocycles. The van der Waals surface area contributed by atoms with Crippen LogP contribution in [0.2, 0.25) is 0 Å². The molecule has 3 aromatic rings. The lowest BCUT2D eigenvalue weighted by atomic mass is 9.79. The van der Waals surface area contributed by atoms with Crippen LogP contribution in [0.15, 0.2) is 48.7 Å². The Balaban J connectivity index is 1.46. The van der Waals surface area contributed by atoms with E-state index >= 15 is 0 Å². The Morgan fingerprint density at radius 1 is 1.14 bits per heavy atom. The Morgan fingerprint density at radius 2 is 1.92 bits per heavy atom. The van der Waals surface area contributed by atoms with Gasteiger partial charge in [0.2, 0.25) is 11.9 Å². The molecule has 5 rings (SSSR count). The molecular formula is C30H36N4O2. The molecule has 2 heterocycles. The number of anilines is 3. The lowest BCUT2D eigenvalue weighted by Crippen LogP contribution is -2.25. The summed E-state index contributed by atoms with van der Waals surface area (Å²) in [5.41, 5.74) is 5.51. The predicted octanol–water partition coefficient (Wildman–Crippen LogP) is 7.27. The van der Waals surface area contributed by atoms with Gasteiger partial charge >= 0.3 is 0 Å². The van der Waals surface area contributed by atoms with Crippen molar-refractivity contribution in [3.8, 4) is 17.0 Å². The summed E-state index contributed by atoms with van der Waals surface area (Å²) in [6.45, 7) is 6.59. The van der Waals surface area contributed by atoms with Crippen LogP contribution in [-0.4, -0.2) is 23.0 Å². The largest absolute Gasteiger partial charge is 0.495 e. The van der Waals surface area contributed by atoms with Gasteiger partial charge in [0, 0.05) is 5.56 Å². The molecule has 2 unspecified atom stereocenters. The second-order valence-electron chi connectivity index (χ2n) is 10.4. The van der Waals surface area contributed by atoms with Gasteiger partial charge in [0.25, 0.3) is 0 Å². The van der Waals surface area contributed by atoms with Gasteiger partial charge in [0.05, 0.1) is 36.3 Å². The highest BCUT2D eigenvalue weighted by atomic mass is 16.5. The van der Waals surface area contributed by atoms with Gasteiger partial charge in [-0.05, 0) is 53.9 Å². The highest BCUT2D eigenvalue weighted by Gasteiger charge is 2.33. The summed E-state index contributed by atoms with van der Waals surface area (Å²) in [4.78, 5) is 22.6. The molecule has 0 radical (unpaired) electrons. The van der Waals surface area contributed by atoms with E-state index in [9.17, 15) is 4.79 Å². The Morgan fingerprint density at radius 3 is 2.67 bits per heavy atom. The minimum atomic E-state index is -0.229. The normalized spacial score (nSPS) is 22.0. The van der Waals surface area contributed by atoms with Gasteiger partial charge in [-0.1, -0.05) is 70.4 Å². The third-order valence-electron chi connectivity index (χ3n) is 8.05. The molecule has 2 aromatic carbocycles. The van der Waals surface area contributed by atoms with Crippen molar-refractivity contribution in [2.45, 2.75) is 64.7 Å². The average molecular weight is 485 g/mol. The zero-order chi connectivity index (χ0) is 25.2. The predicted molar refractivity (Wildman–Crippen MR) is 145 cm³/mol. The first-order chi connectivity index (χ1) is 17.5. The molecule has 2 aliphatic rings. The van der Waals surface area contributed by atoms with Crippen LogP contribution < -0.4 is 15.4 Å². The number of nitrogens with one attached hydrogen (secondary N) is 2. The van der Waals surface area contributed by atoms with E-state index in [0.29, 0.717) is 17.6 Å². The molecule has 1 saturated carbocycles. The fourth-order valence-corrected chi connectivity index (χ4v) is 5.65. The van der Waals surface area contributed by atoms with Crippen LogP contribution in [0.25, 0.3) is 11.3 Å². The van der Waals surface area contributed by atoms with Gasteiger partial charge in [-0.2, -0.15) is 0 Å². The van der Waals surface area contributed by atoms with E-state index in [4.69, 9.17) is 9.72 Å². The van der Waals surface area contributed by atoms with Crippen LogP contribution in [0.3, 0.4) is 0 Å². The molecule has 2 atom stereocenters. The van der Waals surface area contributed by atoms with Crippen LogP contribution in [-0.2, 0) is 4.79 Å². The van der Waals surface area contributed by atoms with Crippen molar-refractivity contribution in [1.29, 1.82) is 0 Å². The number of hydrogen-bond donors (Lipinski definition) is 2. The maximum atomic E-state index is 13.2. The first-order valence-electron chi connectivity index (χ1n) is 13.2. The van der Waals surface area contributed by atoms with E-state index in [1.165, 1.54) is 31.2 Å². The summed E-state index contributed by atoms with van der Waals surface area (Å²) in [5.74, 6) is 2.64. The average Bonchev–Trinajstić information content (AvgIpc) is 3.02. The smallest absolute Gasteiger partial charge is 0.232 e. The van der Waals surface area contributed by atoms with Gasteiger partial charge in [-0.15, -0.1) is 0 Å². The third-order valence-corrected chi connectivity index (χ3v) is 8.05. The van der Waals surface area contributed by atoms with E-state index < -0.39 is 0 Å². The molecule has 0 bridgehead atoms. The maximum Gasteiger partial charge on any atom is 0.232 e. The molecule has 2 N–H and O–H groups in total. The summed E-state index contributed by atoms with van der Waals surface area (Å²) in [6, 6.07) is 14.5. The Kier molecular flexibility index (Phi) is 6.95. The summed E-state index contributed by atoms with van der Waals surface area (Å²) in [6.07, 6.45) is 7.64. The van der Waals surface area contributed by atoms with Crippen LogP contribution in [0.5, 0.6) is 5.75 Å². The lowest BCUT2D eigenvalue weighted by molar-refractivity contribution is -0.118. The minimum absolute atomic E-state index is 0.00535.